The lowest BCUT2D eigenvalue weighted by molar-refractivity contribution is -0.139. The highest BCUT2D eigenvalue weighted by molar-refractivity contribution is 6.02. The zero-order valence-electron chi connectivity index (χ0n) is 14.1. The van der Waals surface area contributed by atoms with Crippen LogP contribution in [0.25, 0.3) is 0 Å². The van der Waals surface area contributed by atoms with Crippen molar-refractivity contribution in [1.29, 1.82) is 0 Å². The molecule has 0 aromatic heterocycles. The normalized spacial score (nSPS) is 31.0. The van der Waals surface area contributed by atoms with Crippen LogP contribution >= 0.6 is 0 Å². The first-order valence-corrected chi connectivity index (χ1v) is 9.02. The van der Waals surface area contributed by atoms with Crippen LogP contribution in [0.1, 0.15) is 37.7 Å². The molecule has 1 aromatic rings. The van der Waals surface area contributed by atoms with Crippen LogP contribution in [0.4, 0.5) is 5.69 Å². The third-order valence-corrected chi connectivity index (χ3v) is 6.04. The van der Waals surface area contributed by atoms with Gasteiger partial charge in [-0.2, -0.15) is 0 Å². The van der Waals surface area contributed by atoms with Crippen LogP contribution in [-0.2, 0) is 20.9 Å². The maximum atomic E-state index is 12.8. The minimum absolute atomic E-state index is 0.0359. The van der Waals surface area contributed by atoms with E-state index in [1.165, 1.54) is 4.90 Å². The van der Waals surface area contributed by atoms with Crippen LogP contribution < -0.4 is 11.1 Å². The van der Waals surface area contributed by atoms with Crippen LogP contribution in [0.15, 0.2) is 24.3 Å². The van der Waals surface area contributed by atoms with Gasteiger partial charge in [-0.3, -0.25) is 19.3 Å². The molecule has 4 rings (SSSR count). The largest absolute Gasteiger partial charge is 0.327 e. The first-order valence-electron chi connectivity index (χ1n) is 9.02. The van der Waals surface area contributed by atoms with E-state index in [0.717, 1.165) is 24.8 Å². The molecule has 1 saturated heterocycles. The van der Waals surface area contributed by atoms with Gasteiger partial charge in [0.25, 0.3) is 0 Å². The Morgan fingerprint density at radius 3 is 2.48 bits per heavy atom. The summed E-state index contributed by atoms with van der Waals surface area (Å²) in [6.07, 6.45) is 3.80. The number of hydrogen-bond donors (Lipinski definition) is 2. The number of para-hydroxylation sites is 1. The van der Waals surface area contributed by atoms with Crippen molar-refractivity contribution in [2.75, 3.05) is 5.32 Å². The number of carbonyl (C=O) groups excluding carboxylic acids is 3. The minimum Gasteiger partial charge on any atom is -0.327 e. The third kappa shape index (κ3) is 2.84. The molecule has 25 heavy (non-hydrogen) atoms. The molecular weight excluding hydrogens is 318 g/mol. The number of imide groups is 1. The fourth-order valence-electron chi connectivity index (χ4n) is 4.69. The van der Waals surface area contributed by atoms with Crippen molar-refractivity contribution in [1.82, 2.24) is 4.90 Å². The van der Waals surface area contributed by atoms with Gasteiger partial charge in [0.15, 0.2) is 0 Å². The van der Waals surface area contributed by atoms with Crippen molar-refractivity contribution in [2.24, 2.45) is 23.5 Å². The van der Waals surface area contributed by atoms with Gasteiger partial charge in [-0.05, 0) is 42.7 Å². The number of likely N-dealkylation sites (tertiary alicyclic amines) is 1. The average molecular weight is 341 g/mol. The minimum atomic E-state index is -0.152. The lowest BCUT2D eigenvalue weighted by atomic mass is 9.84. The first-order chi connectivity index (χ1) is 12.0. The van der Waals surface area contributed by atoms with Crippen molar-refractivity contribution in [3.8, 4) is 0 Å². The number of hydrogen-bond acceptors (Lipinski definition) is 4. The molecule has 1 aliphatic heterocycles. The number of amides is 3. The van der Waals surface area contributed by atoms with Gasteiger partial charge in [-0.25, -0.2) is 0 Å². The van der Waals surface area contributed by atoms with Gasteiger partial charge in [-0.15, -0.1) is 0 Å². The Morgan fingerprint density at radius 2 is 1.80 bits per heavy atom. The van der Waals surface area contributed by atoms with Crippen molar-refractivity contribution in [3.63, 3.8) is 0 Å². The number of rotatable bonds is 4. The summed E-state index contributed by atoms with van der Waals surface area (Å²) in [7, 11) is 0. The van der Waals surface area contributed by atoms with Crippen molar-refractivity contribution in [3.05, 3.63) is 29.8 Å². The van der Waals surface area contributed by atoms with Crippen LogP contribution in [-0.4, -0.2) is 28.7 Å². The molecule has 1 heterocycles. The Hall–Kier alpha value is -2.21. The van der Waals surface area contributed by atoms with Crippen molar-refractivity contribution < 1.29 is 14.4 Å². The van der Waals surface area contributed by atoms with Gasteiger partial charge in [0, 0.05) is 24.6 Å². The van der Waals surface area contributed by atoms with Crippen LogP contribution in [0.3, 0.4) is 0 Å². The molecule has 0 radical (unpaired) electrons. The zero-order valence-corrected chi connectivity index (χ0v) is 14.1. The zero-order chi connectivity index (χ0) is 17.6. The van der Waals surface area contributed by atoms with E-state index in [9.17, 15) is 14.4 Å². The van der Waals surface area contributed by atoms with E-state index in [1.807, 2.05) is 24.3 Å². The van der Waals surface area contributed by atoms with E-state index in [-0.39, 0.29) is 49.1 Å². The summed E-state index contributed by atoms with van der Waals surface area (Å²) in [4.78, 5) is 37.8. The molecule has 3 fully saturated rings. The molecule has 3 aliphatic rings. The summed E-state index contributed by atoms with van der Waals surface area (Å²) in [5, 5.41) is 3.00. The van der Waals surface area contributed by atoms with Gasteiger partial charge in [-0.1, -0.05) is 18.2 Å². The Kier molecular flexibility index (Phi) is 4.07. The van der Waals surface area contributed by atoms with Gasteiger partial charge in [0.1, 0.15) is 0 Å². The Morgan fingerprint density at radius 1 is 1.12 bits per heavy atom. The molecule has 2 bridgehead atoms. The second-order valence-corrected chi connectivity index (χ2v) is 7.46. The van der Waals surface area contributed by atoms with E-state index < -0.39 is 0 Å². The second kappa shape index (κ2) is 6.26. The van der Waals surface area contributed by atoms with Gasteiger partial charge in [0.2, 0.25) is 17.7 Å². The fraction of sp³-hybridized carbons (Fsp3) is 0.526. The van der Waals surface area contributed by atoms with Gasteiger partial charge in [0.05, 0.1) is 12.5 Å². The van der Waals surface area contributed by atoms with E-state index in [1.54, 1.807) is 0 Å². The number of fused-ring (bicyclic) bond motifs is 2. The van der Waals surface area contributed by atoms with Crippen molar-refractivity contribution >= 4 is 23.4 Å². The molecule has 6 heteroatoms. The Bertz CT molecular complexity index is 714. The summed E-state index contributed by atoms with van der Waals surface area (Å²) < 4.78 is 0. The number of carbonyl (C=O) groups is 3. The molecular formula is C19H23N3O3. The van der Waals surface area contributed by atoms with E-state index in [2.05, 4.69) is 5.32 Å². The number of nitrogens with one attached hydrogen (secondary N) is 1. The SMILES string of the molecule is NC1C2CCC(C2)C1C(=O)Nc1ccccc1CN1C(=O)CCC1=O. The summed E-state index contributed by atoms with van der Waals surface area (Å²) in [6.45, 7) is 0.205. The standard InChI is InChI=1S/C19H23N3O3/c20-18-12-6-5-11(9-12)17(18)19(25)21-14-4-2-1-3-13(14)10-22-15(23)7-8-16(22)24/h1-4,11-12,17-18H,5-10,20H2,(H,21,25). The molecule has 4 atom stereocenters. The highest BCUT2D eigenvalue weighted by Gasteiger charge is 2.49. The van der Waals surface area contributed by atoms with Crippen LogP contribution in [0, 0.1) is 17.8 Å². The molecule has 132 valence electrons. The quantitative estimate of drug-likeness (QED) is 0.815. The van der Waals surface area contributed by atoms with Gasteiger partial charge < -0.3 is 11.1 Å². The second-order valence-electron chi connectivity index (χ2n) is 7.46. The molecule has 4 unspecified atom stereocenters. The molecule has 3 N–H and O–H groups in total. The summed E-state index contributed by atoms with van der Waals surface area (Å²) in [6, 6.07) is 7.28. The summed E-state index contributed by atoms with van der Waals surface area (Å²) in [5.41, 5.74) is 7.70. The van der Waals surface area contributed by atoms with Crippen molar-refractivity contribution in [2.45, 2.75) is 44.7 Å². The molecule has 0 spiro atoms. The topological polar surface area (TPSA) is 92.5 Å². The maximum Gasteiger partial charge on any atom is 0.229 e. The lowest BCUT2D eigenvalue weighted by Gasteiger charge is -2.27. The monoisotopic (exact) mass is 341 g/mol. The Labute approximate surface area is 146 Å². The molecule has 1 aromatic carbocycles. The van der Waals surface area contributed by atoms with Crippen LogP contribution in [0.2, 0.25) is 0 Å². The van der Waals surface area contributed by atoms with E-state index in [0.29, 0.717) is 17.5 Å². The summed E-state index contributed by atoms with van der Waals surface area (Å²) in [5.74, 6) is 0.375. The van der Waals surface area contributed by atoms with Crippen LogP contribution in [0.5, 0.6) is 0 Å². The fourth-order valence-corrected chi connectivity index (χ4v) is 4.69. The smallest absolute Gasteiger partial charge is 0.229 e. The lowest BCUT2D eigenvalue weighted by Crippen LogP contribution is -2.42. The molecule has 2 aliphatic carbocycles. The maximum absolute atomic E-state index is 12.8. The number of nitrogens with two attached hydrogens (primary N) is 1. The Balaban J connectivity index is 1.50. The predicted octanol–water partition coefficient (Wildman–Crippen LogP) is 1.65. The van der Waals surface area contributed by atoms with E-state index in [4.69, 9.17) is 5.73 Å². The first kappa shape index (κ1) is 16.3. The number of nitrogens with zero attached hydrogens (tertiary/aromatic N) is 1. The summed E-state index contributed by atoms with van der Waals surface area (Å²) >= 11 is 0. The third-order valence-electron chi connectivity index (χ3n) is 6.04. The van der Waals surface area contributed by atoms with E-state index >= 15 is 0 Å². The molecule has 2 saturated carbocycles. The van der Waals surface area contributed by atoms with Gasteiger partial charge >= 0.3 is 0 Å². The number of anilines is 1. The molecule has 6 nitrogen and oxygen atoms in total. The molecule has 3 amide bonds. The predicted molar refractivity (Wildman–Crippen MR) is 92.2 cm³/mol. The number of benzene rings is 1. The highest BCUT2D eigenvalue weighted by Crippen LogP contribution is 2.48. The average Bonchev–Trinajstić information content (AvgIpc) is 3.27. The highest BCUT2D eigenvalue weighted by atomic mass is 16.2.